The van der Waals surface area contributed by atoms with Crippen molar-refractivity contribution in [2.45, 2.75) is 25.5 Å². The van der Waals surface area contributed by atoms with E-state index in [2.05, 4.69) is 14.5 Å². The quantitative estimate of drug-likeness (QED) is 0.482. The zero-order valence-electron chi connectivity index (χ0n) is 15.5. The van der Waals surface area contributed by atoms with Gasteiger partial charge in [-0.15, -0.1) is 0 Å². The fourth-order valence-corrected chi connectivity index (χ4v) is 3.75. The van der Waals surface area contributed by atoms with Gasteiger partial charge in [0.05, 0.1) is 30.5 Å². The Morgan fingerprint density at radius 2 is 2.08 bits per heavy atom. The van der Waals surface area contributed by atoms with Gasteiger partial charge < -0.3 is 19.0 Å². The number of methoxy groups -OCH3 is 2. The number of imidazole rings is 1. The third kappa shape index (κ3) is 3.78. The largest absolute Gasteiger partial charge is 0.497 e. The number of thioether (sulfide) groups is 1. The van der Waals surface area contributed by atoms with Crippen molar-refractivity contribution >= 4 is 28.6 Å². The van der Waals surface area contributed by atoms with Crippen LogP contribution in [0.1, 0.15) is 21.7 Å². The molecule has 2 heterocycles. The fourth-order valence-electron chi connectivity index (χ4n) is 2.98. The van der Waals surface area contributed by atoms with E-state index in [9.17, 15) is 4.79 Å². The molecule has 0 aliphatic carbocycles. The third-order valence-electron chi connectivity index (χ3n) is 4.40. The Labute approximate surface area is 156 Å². The molecule has 0 unspecified atom stereocenters. The number of H-pyrrole nitrogens is 1. The minimum absolute atomic E-state index is 0.102. The van der Waals surface area contributed by atoms with Crippen LogP contribution in [-0.2, 0) is 11.3 Å². The van der Waals surface area contributed by atoms with Crippen molar-refractivity contribution in [1.29, 1.82) is 0 Å². The van der Waals surface area contributed by atoms with Crippen molar-refractivity contribution in [3.05, 3.63) is 41.2 Å². The van der Waals surface area contributed by atoms with Crippen LogP contribution in [0.3, 0.4) is 0 Å². The molecule has 26 heavy (non-hydrogen) atoms. The van der Waals surface area contributed by atoms with Gasteiger partial charge in [0.15, 0.2) is 10.9 Å². The smallest absolute Gasteiger partial charge is 0.175 e. The highest BCUT2D eigenvalue weighted by Crippen LogP contribution is 2.24. The number of aromatic amines is 1. The standard InChI is InChI=1S/C19H23N3O3S/c1-12-9-15(13(2)22(12)7-8-24-3)18(23)11-26-19-20-16-6-5-14(25-4)10-17(16)21-19/h5-6,9-10H,7-8,11H2,1-4H3,(H,20,21). The van der Waals surface area contributed by atoms with E-state index in [-0.39, 0.29) is 5.78 Å². The maximum atomic E-state index is 12.7. The summed E-state index contributed by atoms with van der Waals surface area (Å²) in [5.74, 6) is 1.22. The molecule has 0 amide bonds. The average molecular weight is 373 g/mol. The molecule has 0 spiro atoms. The van der Waals surface area contributed by atoms with Gasteiger partial charge in [0.2, 0.25) is 0 Å². The first-order valence-electron chi connectivity index (χ1n) is 8.39. The second-order valence-electron chi connectivity index (χ2n) is 6.07. The lowest BCUT2D eigenvalue weighted by atomic mass is 10.2. The number of Topliss-reactive ketones (excluding diaryl/α,β-unsaturated/α-hetero) is 1. The van der Waals surface area contributed by atoms with E-state index in [0.717, 1.165) is 45.4 Å². The molecule has 0 fully saturated rings. The Balaban J connectivity index is 1.71. The molecule has 0 atom stereocenters. The minimum atomic E-state index is 0.102. The van der Waals surface area contributed by atoms with Crippen LogP contribution >= 0.6 is 11.8 Å². The SMILES string of the molecule is COCCn1c(C)cc(C(=O)CSc2nc3ccc(OC)cc3[nH]2)c1C. The Hall–Kier alpha value is -2.25. The number of benzene rings is 1. The summed E-state index contributed by atoms with van der Waals surface area (Å²) in [5.41, 5.74) is 4.59. The van der Waals surface area contributed by atoms with E-state index < -0.39 is 0 Å². The normalized spacial score (nSPS) is 11.2. The zero-order chi connectivity index (χ0) is 18.7. The number of aryl methyl sites for hydroxylation is 1. The second kappa shape index (κ2) is 7.97. The lowest BCUT2D eigenvalue weighted by molar-refractivity contribution is 0.102. The first kappa shape index (κ1) is 18.5. The topological polar surface area (TPSA) is 69.1 Å². The summed E-state index contributed by atoms with van der Waals surface area (Å²) in [4.78, 5) is 20.4. The molecule has 0 aliphatic heterocycles. The van der Waals surface area contributed by atoms with E-state index in [1.54, 1.807) is 14.2 Å². The molecule has 1 aromatic carbocycles. The van der Waals surface area contributed by atoms with Gasteiger partial charge in [-0.3, -0.25) is 4.79 Å². The van der Waals surface area contributed by atoms with Crippen LogP contribution in [0.4, 0.5) is 0 Å². The zero-order valence-corrected chi connectivity index (χ0v) is 16.3. The van der Waals surface area contributed by atoms with Crippen LogP contribution < -0.4 is 4.74 Å². The summed E-state index contributed by atoms with van der Waals surface area (Å²) in [6, 6.07) is 7.63. The number of rotatable bonds is 8. The van der Waals surface area contributed by atoms with Crippen molar-refractivity contribution in [2.24, 2.45) is 0 Å². The first-order valence-corrected chi connectivity index (χ1v) is 9.37. The van der Waals surface area contributed by atoms with Gasteiger partial charge in [0, 0.05) is 36.7 Å². The Morgan fingerprint density at radius 3 is 2.81 bits per heavy atom. The summed E-state index contributed by atoms with van der Waals surface area (Å²) in [7, 11) is 3.31. The van der Waals surface area contributed by atoms with Crippen LogP contribution in [0.15, 0.2) is 29.4 Å². The predicted octanol–water partition coefficient (Wildman–Crippen LogP) is 3.61. The number of nitrogens with zero attached hydrogens (tertiary/aromatic N) is 2. The number of carbonyl (C=O) groups is 1. The summed E-state index contributed by atoms with van der Waals surface area (Å²) in [6.07, 6.45) is 0. The molecule has 2 aromatic heterocycles. The molecule has 0 saturated carbocycles. The number of ketones is 1. The number of aromatic nitrogens is 3. The van der Waals surface area contributed by atoms with E-state index in [1.807, 2.05) is 38.1 Å². The van der Waals surface area contributed by atoms with Crippen LogP contribution in [0.25, 0.3) is 11.0 Å². The Bertz CT molecular complexity index is 930. The molecule has 3 rings (SSSR count). The van der Waals surface area contributed by atoms with Crippen LogP contribution in [0.5, 0.6) is 5.75 Å². The number of hydrogen-bond donors (Lipinski definition) is 1. The molecule has 0 bridgehead atoms. The van der Waals surface area contributed by atoms with Crippen LogP contribution in [-0.4, -0.2) is 46.9 Å². The number of fused-ring (bicyclic) bond motifs is 1. The fraction of sp³-hybridized carbons (Fsp3) is 0.368. The maximum Gasteiger partial charge on any atom is 0.175 e. The van der Waals surface area contributed by atoms with Crippen molar-refractivity contribution in [2.75, 3.05) is 26.6 Å². The summed E-state index contributed by atoms with van der Waals surface area (Å²) < 4.78 is 12.5. The maximum absolute atomic E-state index is 12.7. The highest BCUT2D eigenvalue weighted by molar-refractivity contribution is 7.99. The van der Waals surface area contributed by atoms with Gasteiger partial charge in [-0.2, -0.15) is 0 Å². The second-order valence-corrected chi connectivity index (χ2v) is 7.03. The lowest BCUT2D eigenvalue weighted by Crippen LogP contribution is -2.09. The van der Waals surface area contributed by atoms with Gasteiger partial charge in [0.25, 0.3) is 0 Å². The molecular weight excluding hydrogens is 350 g/mol. The molecule has 1 N–H and O–H groups in total. The van der Waals surface area contributed by atoms with Crippen LogP contribution in [0.2, 0.25) is 0 Å². The molecule has 3 aromatic rings. The van der Waals surface area contributed by atoms with Crippen LogP contribution in [0, 0.1) is 13.8 Å². The average Bonchev–Trinajstić information content (AvgIpc) is 3.17. The van der Waals surface area contributed by atoms with Gasteiger partial charge in [-0.05, 0) is 32.0 Å². The highest BCUT2D eigenvalue weighted by Gasteiger charge is 2.16. The van der Waals surface area contributed by atoms with Gasteiger partial charge in [0.1, 0.15) is 5.75 Å². The molecule has 0 saturated heterocycles. The third-order valence-corrected chi connectivity index (χ3v) is 5.27. The van der Waals surface area contributed by atoms with Gasteiger partial charge in [-0.1, -0.05) is 11.8 Å². The monoisotopic (exact) mass is 373 g/mol. The Kier molecular flexibility index (Phi) is 5.68. The molecule has 6 nitrogen and oxygen atoms in total. The minimum Gasteiger partial charge on any atom is -0.497 e. The van der Waals surface area contributed by atoms with E-state index in [0.29, 0.717) is 12.4 Å². The highest BCUT2D eigenvalue weighted by atomic mass is 32.2. The number of ether oxygens (including phenoxy) is 2. The number of carbonyl (C=O) groups excluding carboxylic acids is 1. The molecule has 7 heteroatoms. The number of nitrogens with one attached hydrogen (secondary N) is 1. The summed E-state index contributed by atoms with van der Waals surface area (Å²) >= 11 is 1.41. The molecular formula is C19H23N3O3S. The number of hydrogen-bond acceptors (Lipinski definition) is 5. The van der Waals surface area contributed by atoms with Gasteiger partial charge >= 0.3 is 0 Å². The summed E-state index contributed by atoms with van der Waals surface area (Å²) in [5, 5.41) is 0.731. The van der Waals surface area contributed by atoms with E-state index in [4.69, 9.17) is 9.47 Å². The van der Waals surface area contributed by atoms with Gasteiger partial charge in [-0.25, -0.2) is 4.98 Å². The first-order chi connectivity index (χ1) is 12.5. The summed E-state index contributed by atoms with van der Waals surface area (Å²) in [6.45, 7) is 5.37. The van der Waals surface area contributed by atoms with E-state index >= 15 is 0 Å². The Morgan fingerprint density at radius 1 is 1.27 bits per heavy atom. The molecule has 138 valence electrons. The van der Waals surface area contributed by atoms with E-state index in [1.165, 1.54) is 11.8 Å². The van der Waals surface area contributed by atoms with Crippen molar-refractivity contribution in [3.63, 3.8) is 0 Å². The molecule has 0 aliphatic rings. The lowest BCUT2D eigenvalue weighted by Gasteiger charge is -2.08. The predicted molar refractivity (Wildman–Crippen MR) is 103 cm³/mol. The van der Waals surface area contributed by atoms with Crippen molar-refractivity contribution < 1.29 is 14.3 Å². The van der Waals surface area contributed by atoms with Crippen molar-refractivity contribution in [3.8, 4) is 5.75 Å². The van der Waals surface area contributed by atoms with Crippen molar-refractivity contribution in [1.82, 2.24) is 14.5 Å². The molecule has 0 radical (unpaired) electrons.